The van der Waals surface area contributed by atoms with Crippen molar-refractivity contribution in [2.75, 3.05) is 0 Å². The van der Waals surface area contributed by atoms with Crippen molar-refractivity contribution in [2.24, 2.45) is 0 Å². The quantitative estimate of drug-likeness (QED) is 0.645. The fourth-order valence-electron chi connectivity index (χ4n) is 1.16. The maximum atomic E-state index is 5.97. The number of thiophene rings is 1. The SMILES string of the molecule is ClCc1cc2ccc(Cl)c(Br)c2s1. The van der Waals surface area contributed by atoms with Crippen LogP contribution in [0.25, 0.3) is 10.1 Å². The molecular formula is C9H5BrCl2S. The molecule has 0 saturated carbocycles. The molecule has 0 atom stereocenters. The topological polar surface area (TPSA) is 0 Å². The number of hydrogen-bond donors (Lipinski definition) is 0. The molecule has 0 unspecified atom stereocenters. The number of hydrogen-bond acceptors (Lipinski definition) is 1. The molecule has 0 aliphatic heterocycles. The second kappa shape index (κ2) is 3.77. The summed E-state index contributed by atoms with van der Waals surface area (Å²) in [7, 11) is 0. The Morgan fingerprint density at radius 2 is 2.15 bits per heavy atom. The first-order chi connectivity index (χ1) is 6.22. The van der Waals surface area contributed by atoms with E-state index in [1.807, 2.05) is 12.1 Å². The summed E-state index contributed by atoms with van der Waals surface area (Å²) in [4.78, 5) is 1.17. The van der Waals surface area contributed by atoms with Gasteiger partial charge in [0.2, 0.25) is 0 Å². The van der Waals surface area contributed by atoms with Crippen molar-refractivity contribution < 1.29 is 0 Å². The maximum absolute atomic E-state index is 5.97. The van der Waals surface area contributed by atoms with Crippen molar-refractivity contribution in [3.63, 3.8) is 0 Å². The standard InChI is InChI=1S/C9H5BrCl2S/c10-8-7(12)2-1-5-3-6(4-11)13-9(5)8/h1-3H,4H2. The Hall–Kier alpha value is 0.240. The van der Waals surface area contributed by atoms with E-state index in [-0.39, 0.29) is 0 Å². The summed E-state index contributed by atoms with van der Waals surface area (Å²) >= 11 is 16.9. The van der Waals surface area contributed by atoms with Crippen LogP contribution in [-0.2, 0) is 5.88 Å². The van der Waals surface area contributed by atoms with Gasteiger partial charge in [0.05, 0.1) is 20.1 Å². The lowest BCUT2D eigenvalue weighted by atomic mass is 10.2. The van der Waals surface area contributed by atoms with E-state index in [1.54, 1.807) is 11.3 Å². The van der Waals surface area contributed by atoms with Gasteiger partial charge in [-0.2, -0.15) is 0 Å². The molecule has 4 heteroatoms. The summed E-state index contributed by atoms with van der Waals surface area (Å²) in [6, 6.07) is 5.99. The predicted molar refractivity (Wildman–Crippen MR) is 64.1 cm³/mol. The van der Waals surface area contributed by atoms with E-state index in [0.29, 0.717) is 5.88 Å². The van der Waals surface area contributed by atoms with Crippen molar-refractivity contribution in [1.82, 2.24) is 0 Å². The summed E-state index contributed by atoms with van der Waals surface area (Å²) in [6.07, 6.45) is 0. The molecular weight excluding hydrogens is 291 g/mol. The van der Waals surface area contributed by atoms with Gasteiger partial charge in [0.1, 0.15) is 0 Å². The molecule has 68 valence electrons. The molecule has 0 saturated heterocycles. The lowest BCUT2D eigenvalue weighted by Crippen LogP contribution is -1.67. The summed E-state index contributed by atoms with van der Waals surface area (Å²) in [5.74, 6) is 0.559. The van der Waals surface area contributed by atoms with Crippen LogP contribution in [0.2, 0.25) is 5.02 Å². The monoisotopic (exact) mass is 294 g/mol. The summed E-state index contributed by atoms with van der Waals surface area (Å²) in [5, 5.41) is 1.94. The number of alkyl halides is 1. The first-order valence-electron chi connectivity index (χ1n) is 3.65. The Kier molecular flexibility index (Phi) is 2.84. The van der Waals surface area contributed by atoms with Crippen molar-refractivity contribution in [3.05, 3.63) is 32.6 Å². The van der Waals surface area contributed by atoms with Gasteiger partial charge in [-0.1, -0.05) is 17.7 Å². The largest absolute Gasteiger partial charge is 0.138 e. The Labute approximate surface area is 98.6 Å². The van der Waals surface area contributed by atoms with Crippen LogP contribution in [0.1, 0.15) is 4.88 Å². The van der Waals surface area contributed by atoms with Crippen molar-refractivity contribution in [3.8, 4) is 0 Å². The van der Waals surface area contributed by atoms with Crippen LogP contribution < -0.4 is 0 Å². The molecule has 1 heterocycles. The third kappa shape index (κ3) is 1.73. The van der Waals surface area contributed by atoms with E-state index < -0.39 is 0 Å². The lowest BCUT2D eigenvalue weighted by molar-refractivity contribution is 1.54. The predicted octanol–water partition coefficient (Wildman–Crippen LogP) is 5.06. The maximum Gasteiger partial charge on any atom is 0.0568 e. The zero-order valence-corrected chi connectivity index (χ0v) is 10.4. The number of benzene rings is 1. The molecule has 0 nitrogen and oxygen atoms in total. The highest BCUT2D eigenvalue weighted by Crippen LogP contribution is 2.36. The highest BCUT2D eigenvalue weighted by Gasteiger charge is 2.06. The van der Waals surface area contributed by atoms with E-state index in [1.165, 1.54) is 15.0 Å². The van der Waals surface area contributed by atoms with E-state index in [4.69, 9.17) is 23.2 Å². The van der Waals surface area contributed by atoms with Crippen LogP contribution in [0.5, 0.6) is 0 Å². The molecule has 1 aromatic heterocycles. The van der Waals surface area contributed by atoms with Crippen molar-refractivity contribution >= 4 is 60.6 Å². The minimum Gasteiger partial charge on any atom is -0.138 e. The van der Waals surface area contributed by atoms with Gasteiger partial charge in [0, 0.05) is 4.88 Å². The van der Waals surface area contributed by atoms with Crippen LogP contribution in [0, 0.1) is 0 Å². The second-order valence-corrected chi connectivity index (χ2v) is 5.23. The highest BCUT2D eigenvalue weighted by atomic mass is 79.9. The van der Waals surface area contributed by atoms with Crippen LogP contribution in [0.4, 0.5) is 0 Å². The number of rotatable bonds is 1. The Morgan fingerprint density at radius 1 is 1.38 bits per heavy atom. The van der Waals surface area contributed by atoms with E-state index in [2.05, 4.69) is 22.0 Å². The first kappa shape index (κ1) is 9.78. The zero-order chi connectivity index (χ0) is 9.42. The molecule has 2 rings (SSSR count). The Balaban J connectivity index is 2.76. The van der Waals surface area contributed by atoms with Crippen molar-refractivity contribution in [2.45, 2.75) is 5.88 Å². The van der Waals surface area contributed by atoms with E-state index in [9.17, 15) is 0 Å². The van der Waals surface area contributed by atoms with Gasteiger partial charge in [-0.15, -0.1) is 22.9 Å². The molecule has 2 aromatic rings. The van der Waals surface area contributed by atoms with Gasteiger partial charge in [0.25, 0.3) is 0 Å². The number of halogens is 3. The summed E-state index contributed by atoms with van der Waals surface area (Å²) in [6.45, 7) is 0. The first-order valence-corrected chi connectivity index (χ1v) is 6.17. The molecule has 0 bridgehead atoms. The zero-order valence-electron chi connectivity index (χ0n) is 6.48. The minimum atomic E-state index is 0.559. The summed E-state index contributed by atoms with van der Waals surface area (Å²) < 4.78 is 2.14. The molecule has 0 fully saturated rings. The average Bonchev–Trinajstić information content (AvgIpc) is 2.55. The average molecular weight is 296 g/mol. The Morgan fingerprint density at radius 3 is 2.85 bits per heavy atom. The van der Waals surface area contributed by atoms with Crippen LogP contribution in [0.15, 0.2) is 22.7 Å². The second-order valence-electron chi connectivity index (χ2n) is 2.63. The molecule has 0 amide bonds. The fraction of sp³-hybridized carbons (Fsp3) is 0.111. The fourth-order valence-corrected chi connectivity index (χ4v) is 3.17. The van der Waals surface area contributed by atoms with Gasteiger partial charge in [0.15, 0.2) is 0 Å². The van der Waals surface area contributed by atoms with E-state index >= 15 is 0 Å². The molecule has 0 spiro atoms. The third-order valence-electron chi connectivity index (χ3n) is 1.76. The lowest BCUT2D eigenvalue weighted by Gasteiger charge is -1.95. The Bertz CT molecular complexity index is 450. The van der Waals surface area contributed by atoms with Crippen molar-refractivity contribution in [1.29, 1.82) is 0 Å². The van der Waals surface area contributed by atoms with E-state index in [0.717, 1.165) is 9.50 Å². The molecule has 0 radical (unpaired) electrons. The van der Waals surface area contributed by atoms with Gasteiger partial charge < -0.3 is 0 Å². The van der Waals surface area contributed by atoms with Gasteiger partial charge in [-0.05, 0) is 33.4 Å². The smallest absolute Gasteiger partial charge is 0.0568 e. The van der Waals surface area contributed by atoms with Crippen LogP contribution in [0.3, 0.4) is 0 Å². The third-order valence-corrected chi connectivity index (χ3v) is 5.01. The molecule has 0 aliphatic rings. The molecule has 0 N–H and O–H groups in total. The van der Waals surface area contributed by atoms with Crippen LogP contribution in [-0.4, -0.2) is 0 Å². The molecule has 13 heavy (non-hydrogen) atoms. The van der Waals surface area contributed by atoms with Gasteiger partial charge in [-0.25, -0.2) is 0 Å². The number of fused-ring (bicyclic) bond motifs is 1. The highest BCUT2D eigenvalue weighted by molar-refractivity contribution is 9.10. The van der Waals surface area contributed by atoms with Gasteiger partial charge in [-0.3, -0.25) is 0 Å². The normalized spacial score (nSPS) is 11.0. The summed E-state index contributed by atoms with van der Waals surface area (Å²) in [5.41, 5.74) is 0. The molecule has 1 aromatic carbocycles. The minimum absolute atomic E-state index is 0.559. The van der Waals surface area contributed by atoms with Crippen LogP contribution >= 0.6 is 50.5 Å². The van der Waals surface area contributed by atoms with Gasteiger partial charge >= 0.3 is 0 Å². The molecule has 0 aliphatic carbocycles.